The Balaban J connectivity index is 0.00000312. The molecule has 0 saturated carbocycles. The molecule has 0 aliphatic rings. The summed E-state index contributed by atoms with van der Waals surface area (Å²) in [5.41, 5.74) is 4.87. The number of guanidine groups is 1. The van der Waals surface area contributed by atoms with E-state index in [0.29, 0.717) is 0 Å². The zero-order valence-corrected chi connectivity index (χ0v) is 18.2. The van der Waals surface area contributed by atoms with Gasteiger partial charge in [0.05, 0.1) is 5.69 Å². The van der Waals surface area contributed by atoms with Gasteiger partial charge in [-0.15, -0.1) is 24.0 Å². The molecule has 0 atom stereocenters. The lowest BCUT2D eigenvalue weighted by Gasteiger charge is -2.22. The van der Waals surface area contributed by atoms with Crippen LogP contribution in [0.2, 0.25) is 0 Å². The van der Waals surface area contributed by atoms with Crippen molar-refractivity contribution in [1.82, 2.24) is 20.0 Å². The van der Waals surface area contributed by atoms with Gasteiger partial charge in [-0.2, -0.15) is 5.10 Å². The number of rotatable bonds is 6. The third-order valence-corrected chi connectivity index (χ3v) is 4.05. The first-order chi connectivity index (χ1) is 11.5. The molecular weight excluding hydrogens is 425 g/mol. The van der Waals surface area contributed by atoms with Crippen molar-refractivity contribution in [2.24, 2.45) is 4.99 Å². The van der Waals surface area contributed by atoms with E-state index in [1.54, 1.807) is 0 Å². The molecule has 0 saturated heterocycles. The molecule has 25 heavy (non-hydrogen) atoms. The number of halogens is 1. The number of aryl methyl sites for hydroxylation is 4. The molecule has 5 nitrogen and oxygen atoms in total. The Bertz CT molecular complexity index is 676. The van der Waals surface area contributed by atoms with Crippen molar-refractivity contribution < 1.29 is 0 Å². The lowest BCUT2D eigenvalue weighted by molar-refractivity contribution is 0.470. The van der Waals surface area contributed by atoms with E-state index in [1.165, 1.54) is 16.8 Å². The zero-order valence-electron chi connectivity index (χ0n) is 15.9. The van der Waals surface area contributed by atoms with E-state index in [4.69, 9.17) is 0 Å². The Morgan fingerprint density at radius 1 is 1.20 bits per heavy atom. The second-order valence-electron chi connectivity index (χ2n) is 6.32. The number of benzene rings is 1. The summed E-state index contributed by atoms with van der Waals surface area (Å²) in [6.07, 6.45) is 1.01. The van der Waals surface area contributed by atoms with Crippen LogP contribution in [0.4, 0.5) is 0 Å². The number of nitrogens with zero attached hydrogens (tertiary/aromatic N) is 4. The lowest BCUT2D eigenvalue weighted by Crippen LogP contribution is -2.39. The van der Waals surface area contributed by atoms with E-state index in [-0.39, 0.29) is 24.0 Å². The van der Waals surface area contributed by atoms with Gasteiger partial charge < -0.3 is 10.2 Å². The summed E-state index contributed by atoms with van der Waals surface area (Å²) in [7, 11) is 3.89. The normalized spacial score (nSPS) is 11.2. The molecule has 0 amide bonds. The number of aromatic nitrogens is 2. The van der Waals surface area contributed by atoms with E-state index in [1.807, 2.05) is 14.0 Å². The van der Waals surface area contributed by atoms with Crippen molar-refractivity contribution in [3.05, 3.63) is 52.8 Å². The van der Waals surface area contributed by atoms with Crippen molar-refractivity contribution in [2.75, 3.05) is 20.6 Å². The van der Waals surface area contributed by atoms with Gasteiger partial charge >= 0.3 is 0 Å². The van der Waals surface area contributed by atoms with Crippen LogP contribution in [0.1, 0.15) is 28.9 Å². The Hall–Kier alpha value is -1.57. The van der Waals surface area contributed by atoms with Crippen LogP contribution >= 0.6 is 24.0 Å². The van der Waals surface area contributed by atoms with Gasteiger partial charge in [-0.3, -0.25) is 9.67 Å². The van der Waals surface area contributed by atoms with Gasteiger partial charge in [0.25, 0.3) is 0 Å². The predicted molar refractivity (Wildman–Crippen MR) is 116 cm³/mol. The van der Waals surface area contributed by atoms with Crippen LogP contribution in [0.25, 0.3) is 0 Å². The van der Waals surface area contributed by atoms with Gasteiger partial charge in [-0.05, 0) is 38.8 Å². The largest absolute Gasteiger partial charge is 0.356 e. The third kappa shape index (κ3) is 6.68. The van der Waals surface area contributed by atoms with Crippen LogP contribution in [-0.2, 0) is 13.1 Å². The van der Waals surface area contributed by atoms with Gasteiger partial charge in [-0.25, -0.2) is 0 Å². The van der Waals surface area contributed by atoms with Crippen molar-refractivity contribution >= 4 is 29.9 Å². The third-order valence-electron chi connectivity index (χ3n) is 4.05. The van der Waals surface area contributed by atoms with Crippen molar-refractivity contribution in [3.8, 4) is 0 Å². The molecule has 138 valence electrons. The molecule has 0 spiro atoms. The molecule has 1 aromatic carbocycles. The molecule has 1 N–H and O–H groups in total. The second kappa shape index (κ2) is 10.4. The van der Waals surface area contributed by atoms with E-state index >= 15 is 0 Å². The molecule has 0 bridgehead atoms. The monoisotopic (exact) mass is 455 g/mol. The summed E-state index contributed by atoms with van der Waals surface area (Å²) in [6.45, 7) is 8.88. The fourth-order valence-corrected chi connectivity index (χ4v) is 2.76. The Morgan fingerprint density at radius 3 is 2.44 bits per heavy atom. The highest BCUT2D eigenvalue weighted by molar-refractivity contribution is 14.0. The van der Waals surface area contributed by atoms with Crippen LogP contribution in [0, 0.1) is 20.8 Å². The first kappa shape index (κ1) is 21.5. The maximum atomic E-state index is 4.49. The number of nitrogens with one attached hydrogen (secondary N) is 1. The topological polar surface area (TPSA) is 45.5 Å². The van der Waals surface area contributed by atoms with E-state index in [9.17, 15) is 0 Å². The van der Waals surface area contributed by atoms with E-state index in [2.05, 4.69) is 76.2 Å². The van der Waals surface area contributed by atoms with Gasteiger partial charge in [0.1, 0.15) is 0 Å². The number of aliphatic imine (C=N–C) groups is 1. The van der Waals surface area contributed by atoms with Crippen LogP contribution in [-0.4, -0.2) is 41.3 Å². The average molecular weight is 455 g/mol. The molecule has 0 fully saturated rings. The van der Waals surface area contributed by atoms with Crippen LogP contribution in [0.3, 0.4) is 0 Å². The van der Waals surface area contributed by atoms with Crippen molar-refractivity contribution in [3.63, 3.8) is 0 Å². The van der Waals surface area contributed by atoms with Gasteiger partial charge in [0.2, 0.25) is 0 Å². The Morgan fingerprint density at radius 2 is 1.88 bits per heavy atom. The smallest absolute Gasteiger partial charge is 0.193 e. The number of hydrogen-bond donors (Lipinski definition) is 1. The molecule has 1 heterocycles. The van der Waals surface area contributed by atoms with Gasteiger partial charge in [-0.1, -0.05) is 29.8 Å². The van der Waals surface area contributed by atoms with Gasteiger partial charge in [0.15, 0.2) is 5.96 Å². The molecule has 0 aliphatic heterocycles. The maximum Gasteiger partial charge on any atom is 0.193 e. The van der Waals surface area contributed by atoms with Crippen LogP contribution in [0.15, 0.2) is 35.3 Å². The maximum absolute atomic E-state index is 4.49. The minimum Gasteiger partial charge on any atom is -0.356 e. The zero-order chi connectivity index (χ0) is 17.5. The fourth-order valence-electron chi connectivity index (χ4n) is 2.76. The average Bonchev–Trinajstić information content (AvgIpc) is 2.87. The molecule has 0 unspecified atom stereocenters. The highest BCUT2D eigenvalue weighted by atomic mass is 127. The van der Waals surface area contributed by atoms with Crippen LogP contribution < -0.4 is 5.32 Å². The first-order valence-electron chi connectivity index (χ1n) is 8.48. The summed E-state index contributed by atoms with van der Waals surface area (Å²) in [5.74, 6) is 0.920. The number of hydrogen-bond acceptors (Lipinski definition) is 2. The van der Waals surface area contributed by atoms with Crippen molar-refractivity contribution in [2.45, 2.75) is 40.3 Å². The first-order valence-corrected chi connectivity index (χ1v) is 8.48. The molecule has 0 radical (unpaired) electrons. The second-order valence-corrected chi connectivity index (χ2v) is 6.32. The predicted octanol–water partition coefficient (Wildman–Crippen LogP) is 3.52. The molecule has 6 heteroatoms. The summed E-state index contributed by atoms with van der Waals surface area (Å²) >= 11 is 0. The molecule has 0 aliphatic carbocycles. The molecular formula is C19H30IN5. The highest BCUT2D eigenvalue weighted by Crippen LogP contribution is 2.06. The summed E-state index contributed by atoms with van der Waals surface area (Å²) in [6, 6.07) is 10.7. The fraction of sp³-hybridized carbons (Fsp3) is 0.474. The van der Waals surface area contributed by atoms with Crippen LogP contribution in [0.5, 0.6) is 0 Å². The molecule has 2 aromatic rings. The standard InChI is InChI=1S/C19H29N5.HI/c1-15-7-9-18(10-8-15)14-23(5)19(20-4)21-11-6-12-24-17(3)13-16(2)22-24;/h7-10,13H,6,11-12,14H2,1-5H3,(H,20,21);1H. The Kier molecular flexibility index (Phi) is 8.96. The van der Waals surface area contributed by atoms with E-state index in [0.717, 1.165) is 37.7 Å². The Labute approximate surface area is 168 Å². The van der Waals surface area contributed by atoms with Crippen molar-refractivity contribution in [1.29, 1.82) is 0 Å². The van der Waals surface area contributed by atoms with Gasteiger partial charge in [0, 0.05) is 39.4 Å². The minimum atomic E-state index is 0. The quantitative estimate of drug-likeness (QED) is 0.314. The molecule has 1 aromatic heterocycles. The SMILES string of the molecule is CN=C(NCCCn1nc(C)cc1C)N(C)Cc1ccc(C)cc1.I. The lowest BCUT2D eigenvalue weighted by atomic mass is 10.1. The summed E-state index contributed by atoms with van der Waals surface area (Å²) < 4.78 is 2.07. The van der Waals surface area contributed by atoms with E-state index < -0.39 is 0 Å². The summed E-state index contributed by atoms with van der Waals surface area (Å²) in [5, 5.41) is 7.93. The minimum absolute atomic E-state index is 0. The summed E-state index contributed by atoms with van der Waals surface area (Å²) in [4.78, 5) is 6.52. The molecule has 2 rings (SSSR count). The highest BCUT2D eigenvalue weighted by Gasteiger charge is 2.06.